The molecule has 4 aliphatic heterocycles. The molecule has 3 saturated heterocycles. The standard InChI is InChI=1S/C19H25NO6/c1-9-13-11-7-10(18(23)24-11)14(20-5-3-4-6-20)15(21)16-19(2,26-16)8-12(13)25-17(9)22/h7,9-10,12-16,21H,3-6,8H2,1-2H3. The Morgan fingerprint density at radius 1 is 1.23 bits per heavy atom. The van der Waals surface area contributed by atoms with Crippen LogP contribution in [0.5, 0.6) is 0 Å². The van der Waals surface area contributed by atoms with Gasteiger partial charge in [-0.2, -0.15) is 0 Å². The number of carbonyl (C=O) groups is 2. The summed E-state index contributed by atoms with van der Waals surface area (Å²) in [5.74, 6) is -1.24. The lowest BCUT2D eigenvalue weighted by Gasteiger charge is -2.34. The van der Waals surface area contributed by atoms with E-state index in [1.165, 1.54) is 0 Å². The Hall–Kier alpha value is -1.44. The molecule has 0 aromatic rings. The number of aliphatic hydroxyl groups is 1. The molecular formula is C19H25NO6. The molecule has 5 rings (SSSR count). The third kappa shape index (κ3) is 2.30. The van der Waals surface area contributed by atoms with Gasteiger partial charge in [-0.25, -0.2) is 0 Å². The van der Waals surface area contributed by atoms with E-state index in [-0.39, 0.29) is 42.0 Å². The van der Waals surface area contributed by atoms with Crippen LogP contribution in [0.2, 0.25) is 0 Å². The van der Waals surface area contributed by atoms with Crippen molar-refractivity contribution in [1.29, 1.82) is 0 Å². The van der Waals surface area contributed by atoms with Gasteiger partial charge in [0.05, 0.1) is 35.5 Å². The maximum absolute atomic E-state index is 12.7. The molecule has 3 fully saturated rings. The Kier molecular flexibility index (Phi) is 3.56. The number of hydrogen-bond donors (Lipinski definition) is 1. The second-order valence-corrected chi connectivity index (χ2v) is 8.59. The Morgan fingerprint density at radius 3 is 2.69 bits per heavy atom. The van der Waals surface area contributed by atoms with Crippen LogP contribution < -0.4 is 0 Å². The minimum Gasteiger partial charge on any atom is -0.461 e. The van der Waals surface area contributed by atoms with Crippen molar-refractivity contribution in [2.75, 3.05) is 13.1 Å². The van der Waals surface area contributed by atoms with E-state index < -0.39 is 17.6 Å². The van der Waals surface area contributed by atoms with Crippen LogP contribution in [-0.2, 0) is 23.8 Å². The smallest absolute Gasteiger partial charge is 0.319 e. The molecule has 4 heterocycles. The molecule has 0 saturated carbocycles. The summed E-state index contributed by atoms with van der Waals surface area (Å²) in [6.45, 7) is 5.50. The second-order valence-electron chi connectivity index (χ2n) is 8.59. The van der Waals surface area contributed by atoms with Crippen LogP contribution in [0.25, 0.3) is 0 Å². The van der Waals surface area contributed by atoms with Crippen LogP contribution in [0.1, 0.15) is 33.1 Å². The van der Waals surface area contributed by atoms with Gasteiger partial charge in [-0.05, 0) is 38.9 Å². The zero-order chi connectivity index (χ0) is 18.2. The molecule has 142 valence electrons. The van der Waals surface area contributed by atoms with Crippen molar-refractivity contribution < 1.29 is 28.9 Å². The molecule has 1 N–H and O–H groups in total. The zero-order valence-electron chi connectivity index (χ0n) is 15.1. The fourth-order valence-corrected chi connectivity index (χ4v) is 5.40. The quantitative estimate of drug-likeness (QED) is 0.539. The first-order chi connectivity index (χ1) is 12.4. The molecule has 0 aromatic heterocycles. The largest absolute Gasteiger partial charge is 0.461 e. The van der Waals surface area contributed by atoms with Crippen LogP contribution in [0, 0.1) is 17.8 Å². The number of rotatable bonds is 1. The van der Waals surface area contributed by atoms with E-state index in [4.69, 9.17) is 14.2 Å². The Morgan fingerprint density at radius 2 is 1.96 bits per heavy atom. The van der Waals surface area contributed by atoms with E-state index in [2.05, 4.69) is 4.90 Å². The number of aliphatic hydroxyl groups excluding tert-OH is 1. The number of nitrogens with zero attached hydrogens (tertiary/aromatic N) is 1. The third-order valence-corrected chi connectivity index (χ3v) is 6.88. The SMILES string of the molecule is CC1C(=O)OC2CC3(C)OC3C(O)C(N3CCCC3)C3C=C(OC3=O)C21. The van der Waals surface area contributed by atoms with Crippen molar-refractivity contribution in [2.45, 2.75) is 63.1 Å². The molecule has 1 aliphatic carbocycles. The van der Waals surface area contributed by atoms with E-state index in [1.54, 1.807) is 0 Å². The molecule has 2 bridgehead atoms. The van der Waals surface area contributed by atoms with Crippen molar-refractivity contribution in [1.82, 2.24) is 4.90 Å². The number of hydrogen-bond acceptors (Lipinski definition) is 7. The van der Waals surface area contributed by atoms with Gasteiger partial charge in [-0.15, -0.1) is 0 Å². The van der Waals surface area contributed by atoms with Crippen LogP contribution in [0.3, 0.4) is 0 Å². The number of epoxide rings is 1. The first kappa shape index (κ1) is 16.7. The lowest BCUT2D eigenvalue weighted by molar-refractivity contribution is -0.145. The van der Waals surface area contributed by atoms with E-state index in [0.29, 0.717) is 12.2 Å². The Labute approximate surface area is 152 Å². The molecular weight excluding hydrogens is 338 g/mol. The van der Waals surface area contributed by atoms with Crippen LogP contribution in [0.15, 0.2) is 11.8 Å². The predicted molar refractivity (Wildman–Crippen MR) is 88.7 cm³/mol. The summed E-state index contributed by atoms with van der Waals surface area (Å²) in [4.78, 5) is 27.1. The first-order valence-electron chi connectivity index (χ1n) is 9.63. The summed E-state index contributed by atoms with van der Waals surface area (Å²) in [5, 5.41) is 11.1. The van der Waals surface area contributed by atoms with Crippen molar-refractivity contribution in [2.24, 2.45) is 17.8 Å². The van der Waals surface area contributed by atoms with Crippen LogP contribution >= 0.6 is 0 Å². The summed E-state index contributed by atoms with van der Waals surface area (Å²) < 4.78 is 17.1. The van der Waals surface area contributed by atoms with Gasteiger partial charge in [-0.3, -0.25) is 14.5 Å². The molecule has 7 nitrogen and oxygen atoms in total. The van der Waals surface area contributed by atoms with Gasteiger partial charge in [0.2, 0.25) is 0 Å². The second kappa shape index (κ2) is 5.53. The summed E-state index contributed by atoms with van der Waals surface area (Å²) in [7, 11) is 0. The maximum Gasteiger partial charge on any atom is 0.319 e. The number of ether oxygens (including phenoxy) is 3. The minimum atomic E-state index is -0.780. The van der Waals surface area contributed by atoms with E-state index in [1.807, 2.05) is 19.9 Å². The molecule has 8 unspecified atom stereocenters. The van der Waals surface area contributed by atoms with Crippen molar-refractivity contribution in [3.05, 3.63) is 11.8 Å². The lowest BCUT2D eigenvalue weighted by atomic mass is 9.80. The van der Waals surface area contributed by atoms with Crippen molar-refractivity contribution >= 4 is 11.9 Å². The Bertz CT molecular complexity index is 686. The number of carbonyl (C=O) groups excluding carboxylic acids is 2. The Balaban J connectivity index is 1.57. The highest BCUT2D eigenvalue weighted by Crippen LogP contribution is 2.51. The highest BCUT2D eigenvalue weighted by molar-refractivity contribution is 5.81. The fraction of sp³-hybridized carbons (Fsp3) is 0.789. The van der Waals surface area contributed by atoms with Gasteiger partial charge < -0.3 is 19.3 Å². The summed E-state index contributed by atoms with van der Waals surface area (Å²) >= 11 is 0. The van der Waals surface area contributed by atoms with Crippen LogP contribution in [-0.4, -0.2) is 65.0 Å². The molecule has 5 aliphatic rings. The minimum absolute atomic E-state index is 0.267. The highest BCUT2D eigenvalue weighted by atomic mass is 16.6. The van der Waals surface area contributed by atoms with Gasteiger partial charge >= 0.3 is 11.9 Å². The van der Waals surface area contributed by atoms with Crippen molar-refractivity contribution in [3.63, 3.8) is 0 Å². The summed E-state index contributed by atoms with van der Waals surface area (Å²) in [6.07, 6.45) is 2.94. The monoisotopic (exact) mass is 363 g/mol. The summed E-state index contributed by atoms with van der Waals surface area (Å²) in [6, 6.07) is -0.348. The van der Waals surface area contributed by atoms with Gasteiger partial charge in [0.1, 0.15) is 18.0 Å². The molecule has 26 heavy (non-hydrogen) atoms. The third-order valence-electron chi connectivity index (χ3n) is 6.88. The lowest BCUT2D eigenvalue weighted by Crippen LogP contribution is -2.51. The molecule has 8 atom stereocenters. The zero-order valence-corrected chi connectivity index (χ0v) is 15.1. The highest BCUT2D eigenvalue weighted by Gasteiger charge is 2.64. The van der Waals surface area contributed by atoms with E-state index in [9.17, 15) is 14.7 Å². The van der Waals surface area contributed by atoms with Crippen molar-refractivity contribution in [3.8, 4) is 0 Å². The number of esters is 2. The molecule has 0 radical (unpaired) electrons. The number of fused-ring (bicyclic) bond motifs is 4. The fourth-order valence-electron chi connectivity index (χ4n) is 5.40. The van der Waals surface area contributed by atoms with E-state index in [0.717, 1.165) is 25.9 Å². The first-order valence-corrected chi connectivity index (χ1v) is 9.63. The van der Waals surface area contributed by atoms with E-state index >= 15 is 0 Å². The molecule has 0 aromatic carbocycles. The maximum atomic E-state index is 12.7. The van der Waals surface area contributed by atoms with Crippen LogP contribution in [0.4, 0.5) is 0 Å². The average molecular weight is 363 g/mol. The van der Waals surface area contributed by atoms with Gasteiger partial charge in [0, 0.05) is 6.42 Å². The molecule has 0 amide bonds. The molecule has 0 spiro atoms. The van der Waals surface area contributed by atoms with Gasteiger partial charge in [0.25, 0.3) is 0 Å². The average Bonchev–Trinajstić information content (AvgIpc) is 2.96. The normalized spacial score (nSPS) is 50.6. The van der Waals surface area contributed by atoms with Gasteiger partial charge in [-0.1, -0.05) is 6.92 Å². The predicted octanol–water partition coefficient (Wildman–Crippen LogP) is 0.607. The number of likely N-dealkylation sites (tertiary alicyclic amines) is 1. The topological polar surface area (TPSA) is 88.6 Å². The van der Waals surface area contributed by atoms with Gasteiger partial charge in [0.15, 0.2) is 0 Å². The summed E-state index contributed by atoms with van der Waals surface area (Å²) in [5.41, 5.74) is -0.537. The molecule has 7 heteroatoms.